The molecule has 0 saturated carbocycles. The summed E-state index contributed by atoms with van der Waals surface area (Å²) in [5, 5.41) is 5.51. The summed E-state index contributed by atoms with van der Waals surface area (Å²) in [5.74, 6) is 0.881. The molecule has 3 amide bonds. The summed E-state index contributed by atoms with van der Waals surface area (Å²) in [7, 11) is 4.70. The third-order valence-electron chi connectivity index (χ3n) is 6.35. The Bertz CT molecular complexity index is 1060. The van der Waals surface area contributed by atoms with E-state index < -0.39 is 6.04 Å². The zero-order valence-corrected chi connectivity index (χ0v) is 22.1. The van der Waals surface area contributed by atoms with E-state index >= 15 is 0 Å². The van der Waals surface area contributed by atoms with Crippen LogP contribution in [0.3, 0.4) is 0 Å². The fourth-order valence-electron chi connectivity index (χ4n) is 4.35. The first-order valence-corrected chi connectivity index (χ1v) is 12.6. The van der Waals surface area contributed by atoms with Crippen LogP contribution in [-0.4, -0.2) is 63.1 Å². The molecule has 0 radical (unpaired) electrons. The highest BCUT2D eigenvalue weighted by atomic mass is 16.5. The van der Waals surface area contributed by atoms with E-state index in [1.165, 1.54) is 4.90 Å². The van der Waals surface area contributed by atoms with Gasteiger partial charge in [-0.05, 0) is 35.2 Å². The number of methoxy groups -OCH3 is 3. The van der Waals surface area contributed by atoms with E-state index in [9.17, 15) is 14.4 Å². The van der Waals surface area contributed by atoms with Crippen LogP contribution < -0.4 is 24.8 Å². The third kappa shape index (κ3) is 7.38. The largest absolute Gasteiger partial charge is 0.493 e. The minimum atomic E-state index is -0.851. The minimum Gasteiger partial charge on any atom is -0.493 e. The second kappa shape index (κ2) is 13.5. The first-order chi connectivity index (χ1) is 17.9. The number of ether oxygens (including phenoxy) is 3. The van der Waals surface area contributed by atoms with Crippen molar-refractivity contribution in [3.05, 3.63) is 42.0 Å². The van der Waals surface area contributed by atoms with E-state index in [0.717, 1.165) is 42.4 Å². The Balaban J connectivity index is 1.64. The van der Waals surface area contributed by atoms with Gasteiger partial charge in [-0.3, -0.25) is 14.4 Å². The smallest absolute Gasteiger partial charge is 0.246 e. The van der Waals surface area contributed by atoms with Crippen LogP contribution in [0.25, 0.3) is 11.1 Å². The van der Waals surface area contributed by atoms with Gasteiger partial charge < -0.3 is 29.7 Å². The van der Waals surface area contributed by atoms with Crippen molar-refractivity contribution in [3.63, 3.8) is 0 Å². The lowest BCUT2D eigenvalue weighted by molar-refractivity contribution is -0.146. The van der Waals surface area contributed by atoms with Crippen molar-refractivity contribution in [3.8, 4) is 28.4 Å². The van der Waals surface area contributed by atoms with E-state index in [4.69, 9.17) is 14.2 Å². The van der Waals surface area contributed by atoms with Crippen LogP contribution in [0, 0.1) is 0 Å². The molecule has 1 aliphatic heterocycles. The standard InChI is InChI=1S/C28H37N3O6/c1-5-6-7-8-13-29-25(32)16-22-28(34)31(18-26(33)30-22)17-19-9-11-20(12-10-19)21-14-23(35-2)27(37-4)24(15-21)36-3/h9-12,14-15,22H,5-8,13,16-18H2,1-4H3,(H,29,32)(H,30,33)/t22-/m0/s1. The Hall–Kier alpha value is -3.75. The van der Waals surface area contributed by atoms with Gasteiger partial charge in [-0.1, -0.05) is 50.5 Å². The van der Waals surface area contributed by atoms with Gasteiger partial charge in [0.05, 0.1) is 34.3 Å². The molecule has 1 aliphatic rings. The molecule has 1 fully saturated rings. The van der Waals surface area contributed by atoms with E-state index in [0.29, 0.717) is 23.8 Å². The SMILES string of the molecule is CCCCCCNC(=O)C[C@@H]1NC(=O)CN(Cc2ccc(-c3cc(OC)c(OC)c(OC)c3)cc2)C1=O. The molecule has 37 heavy (non-hydrogen) atoms. The summed E-state index contributed by atoms with van der Waals surface area (Å²) < 4.78 is 16.3. The second-order valence-electron chi connectivity index (χ2n) is 9.04. The number of nitrogens with one attached hydrogen (secondary N) is 2. The van der Waals surface area contributed by atoms with Crippen molar-refractivity contribution in [2.45, 2.75) is 51.6 Å². The molecule has 0 unspecified atom stereocenters. The number of rotatable bonds is 13. The molecule has 1 heterocycles. The molecule has 1 saturated heterocycles. The molecule has 2 aromatic rings. The van der Waals surface area contributed by atoms with E-state index in [2.05, 4.69) is 17.6 Å². The van der Waals surface area contributed by atoms with Gasteiger partial charge in [-0.2, -0.15) is 0 Å². The first-order valence-electron chi connectivity index (χ1n) is 12.6. The van der Waals surface area contributed by atoms with Crippen molar-refractivity contribution in [1.82, 2.24) is 15.5 Å². The fraction of sp³-hybridized carbons (Fsp3) is 0.464. The maximum Gasteiger partial charge on any atom is 0.246 e. The predicted octanol–water partition coefficient (Wildman–Crippen LogP) is 3.29. The predicted molar refractivity (Wildman–Crippen MR) is 141 cm³/mol. The third-order valence-corrected chi connectivity index (χ3v) is 6.35. The zero-order valence-electron chi connectivity index (χ0n) is 22.1. The highest BCUT2D eigenvalue weighted by Gasteiger charge is 2.34. The van der Waals surface area contributed by atoms with Gasteiger partial charge in [0.2, 0.25) is 23.5 Å². The van der Waals surface area contributed by atoms with Gasteiger partial charge in [0.1, 0.15) is 6.04 Å². The van der Waals surface area contributed by atoms with Gasteiger partial charge >= 0.3 is 0 Å². The van der Waals surface area contributed by atoms with Gasteiger partial charge in [0, 0.05) is 13.1 Å². The van der Waals surface area contributed by atoms with Crippen molar-refractivity contribution >= 4 is 17.7 Å². The number of nitrogens with zero attached hydrogens (tertiary/aromatic N) is 1. The molecule has 2 N–H and O–H groups in total. The van der Waals surface area contributed by atoms with E-state index in [1.807, 2.05) is 36.4 Å². The van der Waals surface area contributed by atoms with Crippen LogP contribution in [0.4, 0.5) is 0 Å². The Morgan fingerprint density at radius 3 is 2.24 bits per heavy atom. The lowest BCUT2D eigenvalue weighted by Gasteiger charge is -2.32. The highest BCUT2D eigenvalue weighted by molar-refractivity contribution is 5.97. The molecule has 2 aromatic carbocycles. The minimum absolute atomic E-state index is 0.0391. The summed E-state index contributed by atoms with van der Waals surface area (Å²) in [4.78, 5) is 39.1. The first kappa shape index (κ1) is 27.8. The molecule has 200 valence electrons. The normalized spacial score (nSPS) is 15.2. The highest BCUT2D eigenvalue weighted by Crippen LogP contribution is 2.41. The van der Waals surface area contributed by atoms with Crippen LogP contribution in [0.2, 0.25) is 0 Å². The molecule has 0 aliphatic carbocycles. The molecular weight excluding hydrogens is 474 g/mol. The van der Waals surface area contributed by atoms with Crippen molar-refractivity contribution in [1.29, 1.82) is 0 Å². The van der Waals surface area contributed by atoms with Gasteiger partial charge in [-0.15, -0.1) is 0 Å². The Kier molecular flexibility index (Phi) is 10.2. The summed E-state index contributed by atoms with van der Waals surface area (Å²) >= 11 is 0. The number of carbonyl (C=O) groups is 3. The Morgan fingerprint density at radius 2 is 1.65 bits per heavy atom. The number of amides is 3. The molecule has 0 spiro atoms. The van der Waals surface area contributed by atoms with Crippen LogP contribution in [0.1, 0.15) is 44.6 Å². The van der Waals surface area contributed by atoms with Crippen LogP contribution in [0.5, 0.6) is 17.2 Å². The van der Waals surface area contributed by atoms with Crippen LogP contribution >= 0.6 is 0 Å². The lowest BCUT2D eigenvalue weighted by Crippen LogP contribution is -2.58. The van der Waals surface area contributed by atoms with E-state index in [1.54, 1.807) is 21.3 Å². The summed E-state index contributed by atoms with van der Waals surface area (Å²) in [5.41, 5.74) is 2.69. The Morgan fingerprint density at radius 1 is 0.973 bits per heavy atom. The average molecular weight is 512 g/mol. The maximum atomic E-state index is 13.0. The zero-order chi connectivity index (χ0) is 26.8. The number of carbonyl (C=O) groups excluding carboxylic acids is 3. The quantitative estimate of drug-likeness (QED) is 0.400. The molecule has 0 bridgehead atoms. The Labute approximate surface area is 218 Å². The number of benzene rings is 2. The topological polar surface area (TPSA) is 106 Å². The number of hydrogen-bond donors (Lipinski definition) is 2. The summed E-state index contributed by atoms with van der Waals surface area (Å²) in [6, 6.07) is 10.6. The second-order valence-corrected chi connectivity index (χ2v) is 9.04. The van der Waals surface area contributed by atoms with Gasteiger partial charge in [-0.25, -0.2) is 0 Å². The number of piperazine rings is 1. The lowest BCUT2D eigenvalue weighted by atomic mass is 10.0. The number of unbranched alkanes of at least 4 members (excludes halogenated alkanes) is 3. The average Bonchev–Trinajstić information content (AvgIpc) is 2.90. The molecule has 1 atom stereocenters. The van der Waals surface area contributed by atoms with Crippen molar-refractivity contribution in [2.75, 3.05) is 34.4 Å². The number of hydrogen-bond acceptors (Lipinski definition) is 6. The van der Waals surface area contributed by atoms with E-state index in [-0.39, 0.29) is 37.2 Å². The van der Waals surface area contributed by atoms with Crippen LogP contribution in [0.15, 0.2) is 36.4 Å². The summed E-state index contributed by atoms with van der Waals surface area (Å²) in [6.45, 7) is 2.95. The summed E-state index contributed by atoms with van der Waals surface area (Å²) in [6.07, 6.45) is 4.16. The van der Waals surface area contributed by atoms with Gasteiger partial charge in [0.15, 0.2) is 11.5 Å². The van der Waals surface area contributed by atoms with Crippen molar-refractivity contribution in [2.24, 2.45) is 0 Å². The fourth-order valence-corrected chi connectivity index (χ4v) is 4.35. The molecule has 0 aromatic heterocycles. The molecule has 3 rings (SSSR count). The van der Waals surface area contributed by atoms with Gasteiger partial charge in [0.25, 0.3) is 0 Å². The van der Waals surface area contributed by atoms with Crippen LogP contribution in [-0.2, 0) is 20.9 Å². The maximum absolute atomic E-state index is 13.0. The molecular formula is C28H37N3O6. The molecule has 9 nitrogen and oxygen atoms in total. The monoisotopic (exact) mass is 511 g/mol. The molecule has 9 heteroatoms. The van der Waals surface area contributed by atoms with Crippen molar-refractivity contribution < 1.29 is 28.6 Å².